The van der Waals surface area contributed by atoms with Gasteiger partial charge in [-0.15, -0.1) is 0 Å². The highest BCUT2D eigenvalue weighted by atomic mass is 16.3. The Bertz CT molecular complexity index is 608. The summed E-state index contributed by atoms with van der Waals surface area (Å²) >= 11 is 0. The second-order valence-corrected chi connectivity index (χ2v) is 6.30. The van der Waals surface area contributed by atoms with Gasteiger partial charge in [0.2, 0.25) is 5.91 Å². The highest BCUT2D eigenvalue weighted by Crippen LogP contribution is 2.24. The summed E-state index contributed by atoms with van der Waals surface area (Å²) in [6.45, 7) is 2.66. The molecule has 0 radical (unpaired) electrons. The number of imide groups is 1. The molecule has 0 saturated carbocycles. The van der Waals surface area contributed by atoms with Crippen LogP contribution < -0.4 is 5.73 Å². The zero-order valence-corrected chi connectivity index (χ0v) is 14.2. The summed E-state index contributed by atoms with van der Waals surface area (Å²) < 4.78 is 0. The third-order valence-corrected chi connectivity index (χ3v) is 4.24. The van der Waals surface area contributed by atoms with Gasteiger partial charge in [0.05, 0.1) is 6.42 Å². The van der Waals surface area contributed by atoms with Gasteiger partial charge in [0.15, 0.2) is 0 Å². The van der Waals surface area contributed by atoms with Gasteiger partial charge in [-0.2, -0.15) is 0 Å². The van der Waals surface area contributed by atoms with Gasteiger partial charge in [-0.25, -0.2) is 0 Å². The largest absolute Gasteiger partial charge is 0.373 e. The molecular weight excluding hydrogens is 304 g/mol. The Kier molecular flexibility index (Phi) is 6.70. The molecule has 0 bridgehead atoms. The van der Waals surface area contributed by atoms with Crippen molar-refractivity contribution in [1.29, 1.82) is 0 Å². The lowest BCUT2D eigenvalue weighted by Gasteiger charge is -2.20. The zero-order chi connectivity index (χ0) is 17.5. The molecule has 1 atom stereocenters. The Morgan fingerprint density at radius 3 is 2.50 bits per heavy atom. The van der Waals surface area contributed by atoms with E-state index in [0.29, 0.717) is 18.5 Å². The third-order valence-electron chi connectivity index (χ3n) is 4.24. The van der Waals surface area contributed by atoms with Gasteiger partial charge in [-0.1, -0.05) is 42.7 Å². The molecule has 1 aromatic rings. The van der Waals surface area contributed by atoms with Crippen molar-refractivity contribution in [3.05, 3.63) is 41.0 Å². The van der Waals surface area contributed by atoms with Crippen LogP contribution in [0.15, 0.2) is 29.8 Å². The summed E-state index contributed by atoms with van der Waals surface area (Å²) in [4.78, 5) is 25.5. The molecule has 2 amide bonds. The average molecular weight is 330 g/mol. The van der Waals surface area contributed by atoms with Crippen molar-refractivity contribution in [3.8, 4) is 0 Å². The monoisotopic (exact) mass is 330 g/mol. The molecule has 1 saturated heterocycles. The molecule has 24 heavy (non-hydrogen) atoms. The van der Waals surface area contributed by atoms with Gasteiger partial charge in [0, 0.05) is 5.57 Å². The number of unbranched alkanes of at least 4 members (excludes halogenated alkanes) is 3. The number of carbonyl (C=O) groups excluding carboxylic acids is 2. The normalized spacial score (nSPS) is 17.8. The van der Waals surface area contributed by atoms with Crippen molar-refractivity contribution in [2.45, 2.75) is 51.7 Å². The van der Waals surface area contributed by atoms with Crippen molar-refractivity contribution < 1.29 is 14.7 Å². The highest BCUT2D eigenvalue weighted by Gasteiger charge is 2.37. The Morgan fingerprint density at radius 1 is 1.17 bits per heavy atom. The van der Waals surface area contributed by atoms with Crippen LogP contribution in [-0.4, -0.2) is 34.6 Å². The van der Waals surface area contributed by atoms with Gasteiger partial charge < -0.3 is 10.8 Å². The van der Waals surface area contributed by atoms with Crippen LogP contribution in [0.1, 0.15) is 49.7 Å². The van der Waals surface area contributed by atoms with E-state index in [1.165, 1.54) is 0 Å². The lowest BCUT2D eigenvalue weighted by Crippen LogP contribution is -2.39. The van der Waals surface area contributed by atoms with E-state index in [9.17, 15) is 14.7 Å². The third kappa shape index (κ3) is 4.76. The fourth-order valence-electron chi connectivity index (χ4n) is 2.82. The molecule has 0 aliphatic carbocycles. The second kappa shape index (κ2) is 8.76. The van der Waals surface area contributed by atoms with Gasteiger partial charge in [-0.05, 0) is 44.4 Å². The van der Waals surface area contributed by atoms with Crippen molar-refractivity contribution in [1.82, 2.24) is 4.90 Å². The maximum atomic E-state index is 12.4. The average Bonchev–Trinajstić information content (AvgIpc) is 2.83. The van der Waals surface area contributed by atoms with E-state index >= 15 is 0 Å². The fraction of sp³-hybridized carbons (Fsp3) is 0.474. The number of hydrogen-bond acceptors (Lipinski definition) is 4. The van der Waals surface area contributed by atoms with Crippen molar-refractivity contribution >= 4 is 17.9 Å². The molecule has 130 valence electrons. The summed E-state index contributed by atoms with van der Waals surface area (Å²) in [5.74, 6) is -0.706. The molecular formula is C19H26N2O3. The SMILES string of the molecule is Cc1ccc(/C=C2\CC(=O)N(C(O)CCCCCCN)C2=O)cc1. The van der Waals surface area contributed by atoms with Crippen LogP contribution in [0, 0.1) is 6.92 Å². The predicted octanol–water partition coefficient (Wildman–Crippen LogP) is 2.36. The fourth-order valence-corrected chi connectivity index (χ4v) is 2.82. The minimum Gasteiger partial charge on any atom is -0.373 e. The number of benzene rings is 1. The molecule has 1 fully saturated rings. The van der Waals surface area contributed by atoms with Crippen LogP contribution >= 0.6 is 0 Å². The molecule has 1 aromatic carbocycles. The number of aliphatic hydroxyl groups excluding tert-OH is 1. The summed E-state index contributed by atoms with van der Waals surface area (Å²) in [7, 11) is 0. The lowest BCUT2D eigenvalue weighted by molar-refractivity contribution is -0.148. The first kappa shape index (κ1) is 18.4. The summed E-state index contributed by atoms with van der Waals surface area (Å²) in [5.41, 5.74) is 7.90. The van der Waals surface area contributed by atoms with Crippen LogP contribution in [-0.2, 0) is 9.59 Å². The Balaban J connectivity index is 1.96. The minimum absolute atomic E-state index is 0.0525. The molecule has 3 N–H and O–H groups in total. The van der Waals surface area contributed by atoms with Crippen LogP contribution in [0.25, 0.3) is 6.08 Å². The minimum atomic E-state index is -1.04. The quantitative estimate of drug-likeness (QED) is 0.435. The first-order valence-electron chi connectivity index (χ1n) is 8.54. The predicted molar refractivity (Wildman–Crippen MR) is 93.8 cm³/mol. The first-order chi connectivity index (χ1) is 11.5. The summed E-state index contributed by atoms with van der Waals surface area (Å²) in [6.07, 6.45) is 4.84. The smallest absolute Gasteiger partial charge is 0.259 e. The molecule has 1 aliphatic heterocycles. The lowest BCUT2D eigenvalue weighted by atomic mass is 10.1. The van der Waals surface area contributed by atoms with E-state index in [0.717, 1.165) is 41.7 Å². The topological polar surface area (TPSA) is 83.6 Å². The van der Waals surface area contributed by atoms with Crippen molar-refractivity contribution in [2.75, 3.05) is 6.54 Å². The number of likely N-dealkylation sites (tertiary alicyclic amines) is 1. The number of hydrogen-bond donors (Lipinski definition) is 2. The first-order valence-corrected chi connectivity index (χ1v) is 8.54. The van der Waals surface area contributed by atoms with E-state index in [-0.39, 0.29) is 18.2 Å². The van der Waals surface area contributed by atoms with Crippen LogP contribution in [0.3, 0.4) is 0 Å². The van der Waals surface area contributed by atoms with E-state index in [4.69, 9.17) is 5.73 Å². The molecule has 0 spiro atoms. The molecule has 1 unspecified atom stereocenters. The van der Waals surface area contributed by atoms with Crippen LogP contribution in [0.5, 0.6) is 0 Å². The standard InChI is InChI=1S/C19H26N2O3/c1-14-7-9-15(10-8-14)12-16-13-18(23)21(19(16)24)17(22)6-4-2-3-5-11-20/h7-10,12,17,22H,2-6,11,13,20H2,1H3/b16-12+. The maximum absolute atomic E-state index is 12.4. The number of nitrogens with two attached hydrogens (primary N) is 1. The Labute approximate surface area is 143 Å². The summed E-state index contributed by atoms with van der Waals surface area (Å²) in [6, 6.07) is 7.75. The second-order valence-electron chi connectivity index (χ2n) is 6.30. The van der Waals surface area contributed by atoms with Gasteiger partial charge >= 0.3 is 0 Å². The van der Waals surface area contributed by atoms with Gasteiger partial charge in [0.25, 0.3) is 5.91 Å². The zero-order valence-electron chi connectivity index (χ0n) is 14.2. The highest BCUT2D eigenvalue weighted by molar-refractivity contribution is 6.15. The van der Waals surface area contributed by atoms with E-state index in [1.807, 2.05) is 31.2 Å². The van der Waals surface area contributed by atoms with Crippen LogP contribution in [0.2, 0.25) is 0 Å². The number of aliphatic hydroxyl groups is 1. The van der Waals surface area contributed by atoms with Crippen molar-refractivity contribution in [2.24, 2.45) is 5.73 Å². The maximum Gasteiger partial charge on any atom is 0.259 e. The van der Waals surface area contributed by atoms with Gasteiger partial charge in [0.1, 0.15) is 6.23 Å². The molecule has 0 aromatic heterocycles. The van der Waals surface area contributed by atoms with Gasteiger partial charge in [-0.3, -0.25) is 14.5 Å². The number of carbonyl (C=O) groups is 2. The number of aryl methyl sites for hydroxylation is 1. The van der Waals surface area contributed by atoms with E-state index in [2.05, 4.69) is 0 Å². The summed E-state index contributed by atoms with van der Waals surface area (Å²) in [5, 5.41) is 10.2. The van der Waals surface area contributed by atoms with E-state index < -0.39 is 6.23 Å². The number of rotatable bonds is 8. The molecule has 5 nitrogen and oxygen atoms in total. The van der Waals surface area contributed by atoms with Crippen LogP contribution in [0.4, 0.5) is 0 Å². The molecule has 5 heteroatoms. The number of amides is 2. The Hall–Kier alpha value is -1.98. The molecule has 2 rings (SSSR count). The Morgan fingerprint density at radius 2 is 1.83 bits per heavy atom. The molecule has 1 aliphatic rings. The van der Waals surface area contributed by atoms with Crippen molar-refractivity contribution in [3.63, 3.8) is 0 Å². The van der Waals surface area contributed by atoms with E-state index in [1.54, 1.807) is 6.08 Å². The molecule has 1 heterocycles. The number of nitrogens with zero attached hydrogens (tertiary/aromatic N) is 1.